The van der Waals surface area contributed by atoms with Gasteiger partial charge in [0.2, 0.25) is 5.91 Å². The summed E-state index contributed by atoms with van der Waals surface area (Å²) in [5.41, 5.74) is 3.48. The van der Waals surface area contributed by atoms with E-state index in [0.29, 0.717) is 32.7 Å². The van der Waals surface area contributed by atoms with Crippen molar-refractivity contribution in [1.29, 1.82) is 0 Å². The van der Waals surface area contributed by atoms with Crippen LogP contribution >= 0.6 is 22.9 Å². The summed E-state index contributed by atoms with van der Waals surface area (Å²) in [6.07, 6.45) is 6.86. The fourth-order valence-corrected chi connectivity index (χ4v) is 5.28. The van der Waals surface area contributed by atoms with Crippen LogP contribution in [0.2, 0.25) is 5.02 Å². The first-order valence-electron chi connectivity index (χ1n) is 11.4. The highest BCUT2D eigenvalue weighted by atomic mass is 35.5. The zero-order valence-corrected chi connectivity index (χ0v) is 21.5. The lowest BCUT2D eigenvalue weighted by atomic mass is 9.74. The van der Waals surface area contributed by atoms with E-state index in [1.165, 1.54) is 18.4 Å². The van der Waals surface area contributed by atoms with Crippen molar-refractivity contribution in [1.82, 2.24) is 14.5 Å². The van der Waals surface area contributed by atoms with E-state index < -0.39 is 17.8 Å². The largest absolute Gasteiger partial charge is 0.466 e. The number of thiazole rings is 1. The second kappa shape index (κ2) is 10.5. The van der Waals surface area contributed by atoms with E-state index in [2.05, 4.69) is 15.3 Å². The van der Waals surface area contributed by atoms with Crippen LogP contribution in [-0.4, -0.2) is 39.2 Å². The Kier molecular flexibility index (Phi) is 6.98. The number of ether oxygens (including phenoxy) is 1. The Morgan fingerprint density at radius 2 is 1.89 bits per heavy atom. The van der Waals surface area contributed by atoms with Gasteiger partial charge in [-0.15, -0.1) is 11.3 Å². The Balaban J connectivity index is 1.67. The van der Waals surface area contributed by atoms with Crippen molar-refractivity contribution in [2.75, 3.05) is 12.4 Å². The molecule has 8 nitrogen and oxygen atoms in total. The predicted octanol–water partition coefficient (Wildman–Crippen LogP) is 5.38. The summed E-state index contributed by atoms with van der Waals surface area (Å²) in [7, 11) is 1.31. The number of amides is 1. The summed E-state index contributed by atoms with van der Waals surface area (Å²) in [6.45, 7) is 1.78. The molecule has 2 aromatic heterocycles. The number of methoxy groups -OCH3 is 1. The third-order valence-corrected chi connectivity index (χ3v) is 7.20. The molecule has 37 heavy (non-hydrogen) atoms. The minimum absolute atomic E-state index is 0.260. The molecule has 2 atom stereocenters. The van der Waals surface area contributed by atoms with Crippen LogP contribution in [0.1, 0.15) is 24.0 Å². The van der Waals surface area contributed by atoms with E-state index in [1.54, 1.807) is 43.2 Å². The molecule has 4 aromatic rings. The predicted molar refractivity (Wildman–Crippen MR) is 144 cm³/mol. The first-order chi connectivity index (χ1) is 18.0. The maximum atomic E-state index is 13.6. The molecule has 3 heterocycles. The van der Waals surface area contributed by atoms with Gasteiger partial charge in [-0.05, 0) is 30.7 Å². The Hall–Kier alpha value is -4.08. The molecule has 1 N–H and O–H groups in total. The lowest BCUT2D eigenvalue weighted by Gasteiger charge is -2.33. The molecule has 0 saturated carbocycles. The lowest BCUT2D eigenvalue weighted by Crippen LogP contribution is -2.38. The minimum atomic E-state index is -0.813. The Morgan fingerprint density at radius 1 is 1.11 bits per heavy atom. The van der Waals surface area contributed by atoms with E-state index in [1.807, 2.05) is 47.2 Å². The standard InChI is InChI=1S/C27H22ClN5O3S/c1-16-21(25(34)32-27-30-12-14-37-27)22(19-5-3-4-6-20(19)28)23(26(35)36-2)24(31-16)17-7-9-18(10-8-17)33-13-11-29-15-33/h3-15,21-22H,1-2H3,(H,30,32,34). The molecule has 0 spiro atoms. The topological polar surface area (TPSA) is 98.5 Å². The third kappa shape index (κ3) is 4.83. The average molecular weight is 532 g/mol. The van der Waals surface area contributed by atoms with Crippen LogP contribution in [0.15, 0.2) is 89.4 Å². The van der Waals surface area contributed by atoms with E-state index in [9.17, 15) is 9.59 Å². The van der Waals surface area contributed by atoms with Crippen molar-refractivity contribution in [2.24, 2.45) is 10.9 Å². The summed E-state index contributed by atoms with van der Waals surface area (Å²) in [5, 5.41) is 5.52. The van der Waals surface area contributed by atoms with Gasteiger partial charge < -0.3 is 14.6 Å². The smallest absolute Gasteiger partial charge is 0.336 e. The van der Waals surface area contributed by atoms with Gasteiger partial charge in [0.05, 0.1) is 30.6 Å². The quantitative estimate of drug-likeness (QED) is 0.337. The van der Waals surface area contributed by atoms with E-state index in [4.69, 9.17) is 21.3 Å². The van der Waals surface area contributed by atoms with Crippen molar-refractivity contribution in [3.8, 4) is 5.69 Å². The zero-order valence-electron chi connectivity index (χ0n) is 20.0. The van der Waals surface area contributed by atoms with Crippen molar-refractivity contribution < 1.29 is 14.3 Å². The molecule has 5 rings (SSSR count). The maximum absolute atomic E-state index is 13.6. The molecule has 1 aliphatic heterocycles. The summed E-state index contributed by atoms with van der Waals surface area (Å²) < 4.78 is 7.10. The van der Waals surface area contributed by atoms with E-state index >= 15 is 0 Å². The zero-order chi connectivity index (χ0) is 25.9. The van der Waals surface area contributed by atoms with Crippen LogP contribution in [0.5, 0.6) is 0 Å². The van der Waals surface area contributed by atoms with Gasteiger partial charge in [0.1, 0.15) is 0 Å². The molecule has 0 radical (unpaired) electrons. The number of carbonyl (C=O) groups excluding carboxylic acids is 2. The van der Waals surface area contributed by atoms with Crippen molar-refractivity contribution in [3.05, 3.63) is 101 Å². The van der Waals surface area contributed by atoms with Crippen LogP contribution in [0, 0.1) is 5.92 Å². The number of aromatic nitrogens is 3. The van der Waals surface area contributed by atoms with E-state index in [0.717, 1.165) is 5.69 Å². The molecule has 186 valence electrons. The number of imidazole rings is 1. The number of hydrogen-bond donors (Lipinski definition) is 1. The van der Waals surface area contributed by atoms with Crippen molar-refractivity contribution >= 4 is 51.4 Å². The first kappa shape index (κ1) is 24.6. The second-order valence-electron chi connectivity index (χ2n) is 8.33. The number of anilines is 1. The number of benzene rings is 2. The Labute approximate surface area is 222 Å². The fraction of sp³-hybridized carbons (Fsp3) is 0.148. The third-order valence-electron chi connectivity index (χ3n) is 6.17. The first-order valence-corrected chi connectivity index (χ1v) is 12.6. The van der Waals surface area contributed by atoms with Crippen LogP contribution in [0.3, 0.4) is 0 Å². The maximum Gasteiger partial charge on any atom is 0.336 e. The molecule has 10 heteroatoms. The number of esters is 1. The highest BCUT2D eigenvalue weighted by Crippen LogP contribution is 2.45. The monoisotopic (exact) mass is 531 g/mol. The van der Waals surface area contributed by atoms with Crippen LogP contribution in [-0.2, 0) is 14.3 Å². The SMILES string of the molecule is COC(=O)C1=C(c2ccc(-n3ccnc3)cc2)N=C(C)C(C(=O)Nc2nccs2)C1c1ccccc1Cl. The molecule has 0 saturated heterocycles. The summed E-state index contributed by atoms with van der Waals surface area (Å²) in [4.78, 5) is 40.0. The number of halogens is 1. The van der Waals surface area contributed by atoms with Gasteiger partial charge in [0, 0.05) is 51.9 Å². The molecule has 1 aliphatic rings. The van der Waals surface area contributed by atoms with Gasteiger partial charge in [-0.1, -0.05) is 41.9 Å². The normalized spacial score (nSPS) is 17.3. The summed E-state index contributed by atoms with van der Waals surface area (Å²) >= 11 is 7.94. The number of hydrogen-bond acceptors (Lipinski definition) is 7. The van der Waals surface area contributed by atoms with Gasteiger partial charge in [-0.3, -0.25) is 9.79 Å². The van der Waals surface area contributed by atoms with Crippen LogP contribution in [0.25, 0.3) is 11.4 Å². The van der Waals surface area contributed by atoms with Gasteiger partial charge in [0.15, 0.2) is 5.13 Å². The van der Waals surface area contributed by atoms with E-state index in [-0.39, 0.29) is 11.5 Å². The molecule has 2 aromatic carbocycles. The number of aliphatic imine (C=N–C) groups is 1. The molecular weight excluding hydrogens is 510 g/mol. The van der Waals surface area contributed by atoms with Gasteiger partial charge in [0.25, 0.3) is 0 Å². The highest BCUT2D eigenvalue weighted by Gasteiger charge is 2.43. The number of nitrogens with zero attached hydrogens (tertiary/aromatic N) is 4. The molecule has 1 amide bonds. The van der Waals surface area contributed by atoms with Gasteiger partial charge in [-0.2, -0.15) is 0 Å². The molecule has 0 aliphatic carbocycles. The highest BCUT2D eigenvalue weighted by molar-refractivity contribution is 7.13. The Bertz CT molecular complexity index is 1500. The summed E-state index contributed by atoms with van der Waals surface area (Å²) in [6, 6.07) is 14.8. The van der Waals surface area contributed by atoms with Gasteiger partial charge >= 0.3 is 5.97 Å². The van der Waals surface area contributed by atoms with Crippen molar-refractivity contribution in [3.63, 3.8) is 0 Å². The Morgan fingerprint density at radius 3 is 2.54 bits per heavy atom. The molecule has 2 unspecified atom stereocenters. The fourth-order valence-electron chi connectivity index (χ4n) is 4.49. The molecule has 0 fully saturated rings. The molecular formula is C27H22ClN5O3S. The van der Waals surface area contributed by atoms with Crippen molar-refractivity contribution in [2.45, 2.75) is 12.8 Å². The molecule has 0 bridgehead atoms. The van der Waals surface area contributed by atoms with Gasteiger partial charge in [-0.25, -0.2) is 14.8 Å². The number of carbonyl (C=O) groups is 2. The van der Waals surface area contributed by atoms with Crippen LogP contribution < -0.4 is 5.32 Å². The lowest BCUT2D eigenvalue weighted by molar-refractivity contribution is -0.136. The second-order valence-corrected chi connectivity index (χ2v) is 9.63. The number of nitrogens with one attached hydrogen (secondary N) is 1. The minimum Gasteiger partial charge on any atom is -0.466 e. The van der Waals surface area contributed by atoms with Crippen LogP contribution in [0.4, 0.5) is 5.13 Å². The number of rotatable bonds is 6. The summed E-state index contributed by atoms with van der Waals surface area (Å²) in [5.74, 6) is -2.47. The average Bonchev–Trinajstić information content (AvgIpc) is 3.63.